The van der Waals surface area contributed by atoms with Crippen LogP contribution in [0.5, 0.6) is 0 Å². The van der Waals surface area contributed by atoms with Gasteiger partial charge in [0.05, 0.1) is 17.3 Å². The summed E-state index contributed by atoms with van der Waals surface area (Å²) in [6, 6.07) is 11.2. The Bertz CT molecular complexity index is 846. The highest BCUT2D eigenvalue weighted by Gasteiger charge is 2.15. The fraction of sp³-hybridized carbons (Fsp3) is 0.167. The lowest BCUT2D eigenvalue weighted by molar-refractivity contribution is -0.117. The van der Waals surface area contributed by atoms with Crippen LogP contribution < -0.4 is 10.2 Å². The van der Waals surface area contributed by atoms with Crippen LogP contribution in [-0.2, 0) is 9.59 Å². The molecule has 1 N–H and O–H groups in total. The molecule has 2 amide bonds. The molecular formula is C18H15F2N3O2. The van der Waals surface area contributed by atoms with Crippen LogP contribution in [0.3, 0.4) is 0 Å². The highest BCUT2D eigenvalue weighted by atomic mass is 19.1. The molecule has 2 rings (SSSR count). The van der Waals surface area contributed by atoms with E-state index < -0.39 is 17.5 Å². The van der Waals surface area contributed by atoms with E-state index in [1.54, 1.807) is 24.3 Å². The summed E-state index contributed by atoms with van der Waals surface area (Å²) in [7, 11) is 0. The fourth-order valence-corrected chi connectivity index (χ4v) is 2.23. The van der Waals surface area contributed by atoms with Crippen molar-refractivity contribution < 1.29 is 18.4 Å². The minimum atomic E-state index is -0.876. The van der Waals surface area contributed by atoms with E-state index in [0.29, 0.717) is 17.3 Å². The summed E-state index contributed by atoms with van der Waals surface area (Å²) in [5.74, 6) is -2.43. The van der Waals surface area contributed by atoms with Gasteiger partial charge in [-0.3, -0.25) is 9.59 Å². The van der Waals surface area contributed by atoms with E-state index in [0.717, 1.165) is 12.1 Å². The second-order valence-corrected chi connectivity index (χ2v) is 5.26. The van der Waals surface area contributed by atoms with Gasteiger partial charge in [-0.2, -0.15) is 5.26 Å². The first-order chi connectivity index (χ1) is 11.9. The van der Waals surface area contributed by atoms with E-state index >= 15 is 0 Å². The third kappa shape index (κ3) is 4.85. The van der Waals surface area contributed by atoms with Crippen molar-refractivity contribution >= 4 is 23.2 Å². The molecule has 0 atom stereocenters. The molecule has 0 fully saturated rings. The molecule has 0 spiro atoms. The van der Waals surface area contributed by atoms with Crippen LogP contribution in [0.15, 0.2) is 42.5 Å². The number of nitrogens with one attached hydrogen (secondary N) is 1. The van der Waals surface area contributed by atoms with Crippen molar-refractivity contribution in [1.29, 1.82) is 5.26 Å². The summed E-state index contributed by atoms with van der Waals surface area (Å²) in [6.45, 7) is 1.40. The van der Waals surface area contributed by atoms with Crippen molar-refractivity contribution in [3.8, 4) is 6.07 Å². The second-order valence-electron chi connectivity index (χ2n) is 5.26. The summed E-state index contributed by atoms with van der Waals surface area (Å²) >= 11 is 0. The molecule has 0 saturated carbocycles. The van der Waals surface area contributed by atoms with Gasteiger partial charge < -0.3 is 10.2 Å². The highest BCUT2D eigenvalue weighted by molar-refractivity contribution is 5.94. The van der Waals surface area contributed by atoms with Crippen molar-refractivity contribution in [2.45, 2.75) is 13.3 Å². The van der Waals surface area contributed by atoms with Crippen molar-refractivity contribution in [3.05, 3.63) is 59.7 Å². The van der Waals surface area contributed by atoms with Crippen molar-refractivity contribution in [3.63, 3.8) is 0 Å². The van der Waals surface area contributed by atoms with Crippen LogP contribution in [0.4, 0.5) is 20.2 Å². The largest absolute Gasteiger partial charge is 0.324 e. The van der Waals surface area contributed by atoms with Crippen molar-refractivity contribution in [2.24, 2.45) is 0 Å². The smallest absolute Gasteiger partial charge is 0.226 e. The van der Waals surface area contributed by atoms with Gasteiger partial charge in [0, 0.05) is 31.6 Å². The summed E-state index contributed by atoms with van der Waals surface area (Å²) in [5.41, 5.74) is 0.751. The van der Waals surface area contributed by atoms with E-state index in [2.05, 4.69) is 5.32 Å². The molecular weight excluding hydrogens is 328 g/mol. The number of rotatable bonds is 5. The van der Waals surface area contributed by atoms with Gasteiger partial charge in [0.1, 0.15) is 11.6 Å². The van der Waals surface area contributed by atoms with Crippen LogP contribution in [0.2, 0.25) is 0 Å². The van der Waals surface area contributed by atoms with E-state index in [1.165, 1.54) is 11.8 Å². The molecule has 0 radical (unpaired) electrons. The Kier molecular flexibility index (Phi) is 5.79. The maximum absolute atomic E-state index is 13.5. The minimum absolute atomic E-state index is 0.0544. The van der Waals surface area contributed by atoms with Crippen molar-refractivity contribution in [2.75, 3.05) is 16.8 Å². The normalized spacial score (nSPS) is 10.0. The number of carbonyl (C=O) groups excluding carboxylic acids is 2. The first-order valence-electron chi connectivity index (χ1n) is 7.44. The molecule has 0 aromatic heterocycles. The molecule has 0 bridgehead atoms. The Morgan fingerprint density at radius 2 is 1.96 bits per heavy atom. The first-order valence-corrected chi connectivity index (χ1v) is 7.44. The number of amides is 2. The van der Waals surface area contributed by atoms with Gasteiger partial charge in [-0.15, -0.1) is 0 Å². The summed E-state index contributed by atoms with van der Waals surface area (Å²) in [4.78, 5) is 25.1. The van der Waals surface area contributed by atoms with Crippen LogP contribution in [0.1, 0.15) is 18.9 Å². The van der Waals surface area contributed by atoms with Crippen LogP contribution in [0.25, 0.3) is 0 Å². The maximum Gasteiger partial charge on any atom is 0.226 e. The zero-order valence-electron chi connectivity index (χ0n) is 13.4. The Balaban J connectivity index is 2.04. The molecule has 128 valence electrons. The number of nitrogens with zero attached hydrogens (tertiary/aromatic N) is 2. The average molecular weight is 343 g/mol. The maximum atomic E-state index is 13.5. The number of hydrogen-bond acceptors (Lipinski definition) is 3. The van der Waals surface area contributed by atoms with Crippen LogP contribution >= 0.6 is 0 Å². The van der Waals surface area contributed by atoms with Gasteiger partial charge >= 0.3 is 0 Å². The van der Waals surface area contributed by atoms with Crippen LogP contribution in [0, 0.1) is 23.0 Å². The van der Waals surface area contributed by atoms with E-state index in [4.69, 9.17) is 5.26 Å². The topological polar surface area (TPSA) is 73.2 Å². The molecule has 2 aromatic carbocycles. The van der Waals surface area contributed by atoms with Gasteiger partial charge in [0.2, 0.25) is 11.8 Å². The number of nitriles is 1. The van der Waals surface area contributed by atoms with Gasteiger partial charge in [0.25, 0.3) is 0 Å². The quantitative estimate of drug-likeness (QED) is 0.906. The minimum Gasteiger partial charge on any atom is -0.324 e. The predicted octanol–water partition coefficient (Wildman–Crippen LogP) is 3.22. The van der Waals surface area contributed by atoms with Crippen molar-refractivity contribution in [1.82, 2.24) is 0 Å². The first kappa shape index (κ1) is 18.1. The SMILES string of the molecule is CC(=O)N(CCC(=O)Nc1ccc(F)cc1F)c1cccc(C#N)c1. The summed E-state index contributed by atoms with van der Waals surface area (Å²) in [5, 5.41) is 11.3. The predicted molar refractivity (Wildman–Crippen MR) is 88.8 cm³/mol. The van der Waals surface area contributed by atoms with Gasteiger partial charge in [-0.05, 0) is 30.3 Å². The lowest BCUT2D eigenvalue weighted by Crippen LogP contribution is -2.32. The zero-order valence-corrected chi connectivity index (χ0v) is 13.4. The Morgan fingerprint density at radius 3 is 2.60 bits per heavy atom. The molecule has 7 heteroatoms. The third-order valence-corrected chi connectivity index (χ3v) is 3.43. The number of anilines is 2. The molecule has 0 heterocycles. The number of benzene rings is 2. The molecule has 0 aliphatic rings. The zero-order chi connectivity index (χ0) is 18.4. The molecule has 25 heavy (non-hydrogen) atoms. The molecule has 0 aliphatic heterocycles. The second kappa shape index (κ2) is 8.02. The average Bonchev–Trinajstić information content (AvgIpc) is 2.57. The monoisotopic (exact) mass is 343 g/mol. The Hall–Kier alpha value is -3.27. The number of carbonyl (C=O) groups is 2. The Labute approximate surface area is 143 Å². The summed E-state index contributed by atoms with van der Waals surface area (Å²) in [6.07, 6.45) is -0.0901. The molecule has 0 unspecified atom stereocenters. The van der Waals surface area contributed by atoms with E-state index in [1.807, 2.05) is 6.07 Å². The standard InChI is InChI=1S/C18H15F2N3O2/c1-12(24)23(15-4-2-3-13(9-15)11-21)8-7-18(25)22-17-6-5-14(19)10-16(17)20/h2-6,9-10H,7-8H2,1H3,(H,22,25). The van der Waals surface area contributed by atoms with Gasteiger partial charge in [-0.1, -0.05) is 6.07 Å². The lowest BCUT2D eigenvalue weighted by Gasteiger charge is -2.21. The molecule has 2 aromatic rings. The van der Waals surface area contributed by atoms with E-state index in [-0.39, 0.29) is 24.6 Å². The lowest BCUT2D eigenvalue weighted by atomic mass is 10.2. The highest BCUT2D eigenvalue weighted by Crippen LogP contribution is 2.18. The summed E-state index contributed by atoms with van der Waals surface area (Å²) < 4.78 is 26.4. The number of hydrogen-bond donors (Lipinski definition) is 1. The van der Waals surface area contributed by atoms with Crippen LogP contribution in [-0.4, -0.2) is 18.4 Å². The van der Waals surface area contributed by atoms with Gasteiger partial charge in [-0.25, -0.2) is 8.78 Å². The number of halogens is 2. The molecule has 0 saturated heterocycles. The molecule has 5 nitrogen and oxygen atoms in total. The third-order valence-electron chi connectivity index (χ3n) is 3.43. The van der Waals surface area contributed by atoms with E-state index in [9.17, 15) is 18.4 Å². The molecule has 0 aliphatic carbocycles. The fourth-order valence-electron chi connectivity index (χ4n) is 2.23. The Morgan fingerprint density at radius 1 is 1.20 bits per heavy atom. The van der Waals surface area contributed by atoms with Gasteiger partial charge in [0.15, 0.2) is 0 Å².